The summed E-state index contributed by atoms with van der Waals surface area (Å²) in [7, 11) is 0. The first kappa shape index (κ1) is 17.1. The average Bonchev–Trinajstić information content (AvgIpc) is 2.45. The van der Waals surface area contributed by atoms with E-state index in [4.69, 9.17) is 16.2 Å². The minimum Gasteiger partial charge on any atom is -0.444 e. The lowest BCUT2D eigenvalue weighted by Crippen LogP contribution is -2.41. The molecule has 4 N–H and O–H groups in total. The summed E-state index contributed by atoms with van der Waals surface area (Å²) < 4.78 is 5.39. The second-order valence-electron chi connectivity index (χ2n) is 6.95. The molecule has 1 aromatic rings. The molecule has 0 radical (unpaired) electrons. The summed E-state index contributed by atoms with van der Waals surface area (Å²) in [4.78, 5) is 25.0. The molecule has 1 aliphatic heterocycles. The fraction of sp³-hybridized carbons (Fsp3) is 0.529. The molecule has 2 rings (SSSR count). The van der Waals surface area contributed by atoms with Gasteiger partial charge in [0.1, 0.15) is 5.60 Å². The highest BCUT2D eigenvalue weighted by Gasteiger charge is 2.27. The number of anilines is 1. The zero-order valence-corrected chi connectivity index (χ0v) is 14.0. The lowest BCUT2D eigenvalue weighted by molar-refractivity contribution is 0.0204. The lowest BCUT2D eigenvalue weighted by Gasteiger charge is -2.33. The van der Waals surface area contributed by atoms with Crippen LogP contribution >= 0.6 is 0 Å². The molecule has 1 heterocycles. The SMILES string of the molecule is CC(C)(C)OC(=O)N1CCC(c2ccc(C(N)=O)c(N)c2)CC1. The molecule has 2 amide bonds. The van der Waals surface area contributed by atoms with E-state index in [-0.39, 0.29) is 6.09 Å². The van der Waals surface area contributed by atoms with Gasteiger partial charge in [-0.05, 0) is 57.2 Å². The Morgan fingerprint density at radius 3 is 2.30 bits per heavy atom. The van der Waals surface area contributed by atoms with E-state index in [0.717, 1.165) is 18.4 Å². The highest BCUT2D eigenvalue weighted by atomic mass is 16.6. The van der Waals surface area contributed by atoms with Crippen LogP contribution in [0.1, 0.15) is 55.5 Å². The van der Waals surface area contributed by atoms with Crippen molar-refractivity contribution in [2.45, 2.75) is 45.1 Å². The molecule has 1 fully saturated rings. The van der Waals surface area contributed by atoms with Gasteiger partial charge in [0.05, 0.1) is 5.56 Å². The van der Waals surface area contributed by atoms with Gasteiger partial charge in [0, 0.05) is 18.8 Å². The molecule has 126 valence electrons. The van der Waals surface area contributed by atoms with Crippen molar-refractivity contribution in [3.8, 4) is 0 Å². The molecular weight excluding hydrogens is 294 g/mol. The van der Waals surface area contributed by atoms with E-state index in [2.05, 4.69) is 0 Å². The Balaban J connectivity index is 1.98. The predicted octanol–water partition coefficient (Wildman–Crippen LogP) is 2.48. The van der Waals surface area contributed by atoms with Crippen LogP contribution in [-0.2, 0) is 4.74 Å². The first-order valence-electron chi connectivity index (χ1n) is 7.84. The number of carbonyl (C=O) groups is 2. The van der Waals surface area contributed by atoms with E-state index in [1.54, 1.807) is 11.0 Å². The first-order valence-corrected chi connectivity index (χ1v) is 7.84. The topological polar surface area (TPSA) is 98.6 Å². The van der Waals surface area contributed by atoms with Gasteiger partial charge in [-0.1, -0.05) is 6.07 Å². The Kier molecular flexibility index (Phi) is 4.82. The summed E-state index contributed by atoms with van der Waals surface area (Å²) >= 11 is 0. The summed E-state index contributed by atoms with van der Waals surface area (Å²) in [6.07, 6.45) is 1.42. The van der Waals surface area contributed by atoms with Crippen LogP contribution in [0.15, 0.2) is 18.2 Å². The number of nitrogens with two attached hydrogens (primary N) is 2. The molecule has 6 heteroatoms. The molecule has 0 bridgehead atoms. The summed E-state index contributed by atoms with van der Waals surface area (Å²) in [5, 5.41) is 0. The fourth-order valence-electron chi connectivity index (χ4n) is 2.78. The molecule has 0 aromatic heterocycles. The van der Waals surface area contributed by atoms with E-state index >= 15 is 0 Å². The van der Waals surface area contributed by atoms with Crippen LogP contribution in [0.2, 0.25) is 0 Å². The molecule has 0 atom stereocenters. The number of rotatable bonds is 2. The Morgan fingerprint density at radius 1 is 1.22 bits per heavy atom. The van der Waals surface area contributed by atoms with Crippen molar-refractivity contribution in [2.24, 2.45) is 5.73 Å². The Bertz CT molecular complexity index is 600. The molecule has 0 spiro atoms. The number of primary amides is 1. The number of piperidine rings is 1. The predicted molar refractivity (Wildman–Crippen MR) is 89.2 cm³/mol. The number of likely N-dealkylation sites (tertiary alicyclic amines) is 1. The Labute approximate surface area is 136 Å². The molecule has 1 aromatic carbocycles. The number of ether oxygens (including phenoxy) is 1. The zero-order valence-electron chi connectivity index (χ0n) is 14.0. The van der Waals surface area contributed by atoms with Gasteiger partial charge in [-0.15, -0.1) is 0 Å². The van der Waals surface area contributed by atoms with Gasteiger partial charge in [0.25, 0.3) is 5.91 Å². The quantitative estimate of drug-likeness (QED) is 0.818. The maximum atomic E-state index is 12.1. The highest BCUT2D eigenvalue weighted by Crippen LogP contribution is 2.30. The standard InChI is InChI=1S/C17H25N3O3/c1-17(2,3)23-16(22)20-8-6-11(7-9-20)12-4-5-13(15(19)21)14(18)10-12/h4-5,10-11H,6-9,18H2,1-3H3,(H2,19,21). The van der Waals surface area contributed by atoms with Crippen molar-refractivity contribution < 1.29 is 14.3 Å². The summed E-state index contributed by atoms with van der Waals surface area (Å²) in [5.41, 5.74) is 12.5. The molecule has 0 saturated carbocycles. The maximum absolute atomic E-state index is 12.1. The molecule has 23 heavy (non-hydrogen) atoms. The second kappa shape index (κ2) is 6.48. The van der Waals surface area contributed by atoms with Gasteiger partial charge < -0.3 is 21.1 Å². The van der Waals surface area contributed by atoms with E-state index in [0.29, 0.717) is 30.3 Å². The second-order valence-corrected chi connectivity index (χ2v) is 6.95. The number of hydrogen-bond donors (Lipinski definition) is 2. The van der Waals surface area contributed by atoms with E-state index < -0.39 is 11.5 Å². The Hall–Kier alpha value is -2.24. The summed E-state index contributed by atoms with van der Waals surface area (Å²) in [5.74, 6) is -0.202. The third-order valence-electron chi connectivity index (χ3n) is 3.96. The van der Waals surface area contributed by atoms with Gasteiger partial charge in [-0.3, -0.25) is 4.79 Å². The smallest absolute Gasteiger partial charge is 0.410 e. The van der Waals surface area contributed by atoms with Crippen molar-refractivity contribution in [3.05, 3.63) is 29.3 Å². The number of benzene rings is 1. The van der Waals surface area contributed by atoms with Crippen LogP contribution in [0, 0.1) is 0 Å². The molecule has 6 nitrogen and oxygen atoms in total. The van der Waals surface area contributed by atoms with Crippen molar-refractivity contribution in [1.29, 1.82) is 0 Å². The van der Waals surface area contributed by atoms with Gasteiger partial charge in [0.15, 0.2) is 0 Å². The molecule has 0 unspecified atom stereocenters. The summed E-state index contributed by atoms with van der Waals surface area (Å²) in [6, 6.07) is 5.38. The van der Waals surface area contributed by atoms with Crippen LogP contribution in [0.4, 0.5) is 10.5 Å². The van der Waals surface area contributed by atoms with Gasteiger partial charge >= 0.3 is 6.09 Å². The summed E-state index contributed by atoms with van der Waals surface area (Å²) in [6.45, 7) is 6.89. The third-order valence-corrected chi connectivity index (χ3v) is 3.96. The molecule has 1 aliphatic rings. The van der Waals surface area contributed by atoms with Crippen LogP contribution in [-0.4, -0.2) is 35.6 Å². The molecule has 0 aliphatic carbocycles. The van der Waals surface area contributed by atoms with Gasteiger partial charge in [-0.2, -0.15) is 0 Å². The minimum absolute atomic E-state index is 0.264. The van der Waals surface area contributed by atoms with Crippen molar-refractivity contribution in [3.63, 3.8) is 0 Å². The van der Waals surface area contributed by atoms with E-state index in [1.165, 1.54) is 0 Å². The number of carbonyl (C=O) groups excluding carboxylic acids is 2. The number of nitrogens with zero attached hydrogens (tertiary/aromatic N) is 1. The lowest BCUT2D eigenvalue weighted by atomic mass is 9.88. The average molecular weight is 319 g/mol. The largest absolute Gasteiger partial charge is 0.444 e. The van der Waals surface area contributed by atoms with Crippen LogP contribution in [0.3, 0.4) is 0 Å². The van der Waals surface area contributed by atoms with Crippen LogP contribution in [0.5, 0.6) is 0 Å². The minimum atomic E-state index is -0.520. The molecular formula is C17H25N3O3. The van der Waals surface area contributed by atoms with Gasteiger partial charge in [-0.25, -0.2) is 4.79 Å². The number of amides is 2. The highest BCUT2D eigenvalue weighted by molar-refractivity contribution is 5.98. The maximum Gasteiger partial charge on any atom is 0.410 e. The molecule has 1 saturated heterocycles. The van der Waals surface area contributed by atoms with Crippen molar-refractivity contribution >= 4 is 17.7 Å². The van der Waals surface area contributed by atoms with Crippen LogP contribution in [0.25, 0.3) is 0 Å². The normalized spacial score (nSPS) is 16.2. The fourth-order valence-corrected chi connectivity index (χ4v) is 2.78. The number of nitrogen functional groups attached to an aromatic ring is 1. The third kappa shape index (κ3) is 4.37. The Morgan fingerprint density at radius 2 is 1.83 bits per heavy atom. The van der Waals surface area contributed by atoms with E-state index in [9.17, 15) is 9.59 Å². The zero-order chi connectivity index (χ0) is 17.2. The first-order chi connectivity index (χ1) is 10.7. The van der Waals surface area contributed by atoms with E-state index in [1.807, 2.05) is 32.9 Å². The van der Waals surface area contributed by atoms with Crippen molar-refractivity contribution in [1.82, 2.24) is 4.90 Å². The monoisotopic (exact) mass is 319 g/mol. The van der Waals surface area contributed by atoms with Crippen molar-refractivity contribution in [2.75, 3.05) is 18.8 Å². The van der Waals surface area contributed by atoms with Gasteiger partial charge in [0.2, 0.25) is 0 Å². The van der Waals surface area contributed by atoms with Crippen LogP contribution < -0.4 is 11.5 Å². The number of hydrogen-bond acceptors (Lipinski definition) is 4.